The smallest absolute Gasteiger partial charge is 0.304 e. The van der Waals surface area contributed by atoms with Crippen LogP contribution in [0.15, 0.2) is 0 Å². The fourth-order valence-electron chi connectivity index (χ4n) is 1.03. The van der Waals surface area contributed by atoms with Crippen LogP contribution in [-0.4, -0.2) is 48.8 Å². The fourth-order valence-corrected chi connectivity index (χ4v) is 2.33. The number of nitrogens with two attached hydrogens (primary N) is 1. The van der Waals surface area contributed by atoms with Gasteiger partial charge < -0.3 is 10.8 Å². The fraction of sp³-hybridized carbons (Fsp3) is 0.778. The van der Waals surface area contributed by atoms with Gasteiger partial charge in [-0.05, 0) is 13.3 Å². The molecule has 0 fully saturated rings. The van der Waals surface area contributed by atoms with E-state index in [-0.39, 0.29) is 19.4 Å². The molecule has 8 nitrogen and oxygen atoms in total. The minimum atomic E-state index is -3.95. The van der Waals surface area contributed by atoms with E-state index in [1.54, 1.807) is 6.92 Å². The molecule has 0 spiro atoms. The SMILES string of the molecule is CCC(C)(NS(=O)(=O)N(C)CCC(=O)O)C(N)=O. The van der Waals surface area contributed by atoms with Crippen LogP contribution in [0.25, 0.3) is 0 Å². The number of carboxylic acids is 1. The Balaban J connectivity index is 4.84. The first-order valence-electron chi connectivity index (χ1n) is 5.32. The molecule has 0 radical (unpaired) electrons. The third-order valence-corrected chi connectivity index (χ3v) is 4.37. The molecule has 0 aliphatic carbocycles. The monoisotopic (exact) mass is 281 g/mol. The van der Waals surface area contributed by atoms with E-state index in [1.165, 1.54) is 14.0 Å². The topological polar surface area (TPSA) is 130 Å². The number of nitrogens with one attached hydrogen (secondary N) is 1. The maximum Gasteiger partial charge on any atom is 0.304 e. The number of carbonyl (C=O) groups is 2. The van der Waals surface area contributed by atoms with Crippen molar-refractivity contribution in [1.29, 1.82) is 0 Å². The number of aliphatic carboxylic acids is 1. The molecular formula is C9H19N3O5S. The van der Waals surface area contributed by atoms with Crippen LogP contribution in [0.2, 0.25) is 0 Å². The molecule has 9 heteroatoms. The average Bonchev–Trinajstić information content (AvgIpc) is 2.24. The van der Waals surface area contributed by atoms with Crippen LogP contribution < -0.4 is 10.5 Å². The number of rotatable bonds is 8. The molecule has 1 unspecified atom stereocenters. The van der Waals surface area contributed by atoms with E-state index in [2.05, 4.69) is 4.72 Å². The van der Waals surface area contributed by atoms with Crippen molar-refractivity contribution in [3.63, 3.8) is 0 Å². The second kappa shape index (κ2) is 6.12. The van der Waals surface area contributed by atoms with Crippen molar-refractivity contribution < 1.29 is 23.1 Å². The second-order valence-corrected chi connectivity index (χ2v) is 5.90. The Bertz CT molecular complexity index is 422. The highest BCUT2D eigenvalue weighted by Gasteiger charge is 2.35. The summed E-state index contributed by atoms with van der Waals surface area (Å²) >= 11 is 0. The first-order chi connectivity index (χ1) is 8.05. The summed E-state index contributed by atoms with van der Waals surface area (Å²) in [7, 11) is -2.73. The molecule has 4 N–H and O–H groups in total. The predicted octanol–water partition coefficient (Wildman–Crippen LogP) is -1.12. The molecule has 1 amide bonds. The highest BCUT2D eigenvalue weighted by Crippen LogP contribution is 2.11. The molecule has 0 saturated carbocycles. The number of hydrogen-bond donors (Lipinski definition) is 3. The lowest BCUT2D eigenvalue weighted by molar-refractivity contribution is -0.137. The van der Waals surface area contributed by atoms with E-state index in [0.717, 1.165) is 4.31 Å². The summed E-state index contributed by atoms with van der Waals surface area (Å²) in [4.78, 5) is 21.6. The largest absolute Gasteiger partial charge is 0.481 e. The lowest BCUT2D eigenvalue weighted by atomic mass is 10.0. The van der Waals surface area contributed by atoms with Crippen LogP contribution in [0, 0.1) is 0 Å². The quantitative estimate of drug-likeness (QED) is 0.519. The van der Waals surface area contributed by atoms with Gasteiger partial charge in [-0.25, -0.2) is 0 Å². The Kier molecular flexibility index (Phi) is 5.71. The second-order valence-electron chi connectivity index (χ2n) is 4.12. The highest BCUT2D eigenvalue weighted by molar-refractivity contribution is 7.87. The van der Waals surface area contributed by atoms with Crippen LogP contribution in [0.1, 0.15) is 26.7 Å². The number of amides is 1. The first kappa shape index (κ1) is 16.8. The van der Waals surface area contributed by atoms with Gasteiger partial charge in [0.25, 0.3) is 10.2 Å². The van der Waals surface area contributed by atoms with E-state index in [9.17, 15) is 18.0 Å². The maximum absolute atomic E-state index is 11.8. The molecule has 0 saturated heterocycles. The van der Waals surface area contributed by atoms with Gasteiger partial charge in [0.05, 0.1) is 6.42 Å². The van der Waals surface area contributed by atoms with Crippen molar-refractivity contribution >= 4 is 22.1 Å². The number of nitrogens with zero attached hydrogens (tertiary/aromatic N) is 1. The van der Waals surface area contributed by atoms with E-state index < -0.39 is 27.6 Å². The highest BCUT2D eigenvalue weighted by atomic mass is 32.2. The summed E-state index contributed by atoms with van der Waals surface area (Å²) in [6.45, 7) is 2.80. The van der Waals surface area contributed by atoms with E-state index in [1.807, 2.05) is 0 Å². The third kappa shape index (κ3) is 4.59. The summed E-state index contributed by atoms with van der Waals surface area (Å²) in [5.41, 5.74) is 3.74. The Morgan fingerprint density at radius 2 is 1.94 bits per heavy atom. The summed E-state index contributed by atoms with van der Waals surface area (Å²) < 4.78 is 26.7. The van der Waals surface area contributed by atoms with Crippen molar-refractivity contribution in [2.24, 2.45) is 5.73 Å². The van der Waals surface area contributed by atoms with Crippen LogP contribution >= 0.6 is 0 Å². The van der Waals surface area contributed by atoms with E-state index >= 15 is 0 Å². The predicted molar refractivity (Wildman–Crippen MR) is 64.8 cm³/mol. The van der Waals surface area contributed by atoms with Crippen molar-refractivity contribution in [1.82, 2.24) is 9.03 Å². The molecule has 0 aliphatic heterocycles. The van der Waals surface area contributed by atoms with Crippen molar-refractivity contribution in [3.8, 4) is 0 Å². The number of carboxylic acid groups (broad SMARTS) is 1. The standard InChI is InChI=1S/C9H19N3O5S/c1-4-9(2,8(10)15)11-18(16,17)12(3)6-5-7(13)14/h11H,4-6H2,1-3H3,(H2,10,15)(H,13,14). The molecule has 0 aromatic carbocycles. The van der Waals surface area contributed by atoms with Gasteiger partial charge in [-0.3, -0.25) is 9.59 Å². The van der Waals surface area contributed by atoms with Crippen molar-refractivity contribution in [2.75, 3.05) is 13.6 Å². The zero-order chi connectivity index (χ0) is 14.6. The van der Waals surface area contributed by atoms with Crippen LogP contribution in [-0.2, 0) is 19.8 Å². The molecule has 0 aromatic rings. The molecule has 0 bridgehead atoms. The van der Waals surface area contributed by atoms with Gasteiger partial charge in [-0.15, -0.1) is 0 Å². The Labute approximate surface area is 106 Å². The Morgan fingerprint density at radius 1 is 1.44 bits per heavy atom. The average molecular weight is 281 g/mol. The zero-order valence-corrected chi connectivity index (χ0v) is 11.5. The lowest BCUT2D eigenvalue weighted by Crippen LogP contribution is -2.57. The normalized spacial score (nSPS) is 15.3. The van der Waals surface area contributed by atoms with Crippen LogP contribution in [0.5, 0.6) is 0 Å². The van der Waals surface area contributed by atoms with Crippen LogP contribution in [0.4, 0.5) is 0 Å². The van der Waals surface area contributed by atoms with Gasteiger partial charge in [0.1, 0.15) is 5.54 Å². The number of hydrogen-bond acceptors (Lipinski definition) is 4. The molecule has 0 rings (SSSR count). The minimum Gasteiger partial charge on any atom is -0.481 e. The van der Waals surface area contributed by atoms with E-state index in [4.69, 9.17) is 10.8 Å². The molecule has 0 aromatic heterocycles. The summed E-state index contributed by atoms with van der Waals surface area (Å²) in [6.07, 6.45) is -0.134. The number of carbonyl (C=O) groups excluding carboxylic acids is 1. The van der Waals surface area contributed by atoms with Gasteiger partial charge in [0, 0.05) is 13.6 Å². The van der Waals surface area contributed by atoms with Gasteiger partial charge >= 0.3 is 5.97 Å². The number of primary amides is 1. The molecule has 0 heterocycles. The molecular weight excluding hydrogens is 262 g/mol. The summed E-state index contributed by atoms with van der Waals surface area (Å²) in [5.74, 6) is -1.90. The summed E-state index contributed by atoms with van der Waals surface area (Å²) in [5, 5.41) is 8.48. The lowest BCUT2D eigenvalue weighted by Gasteiger charge is -2.28. The van der Waals surface area contributed by atoms with Crippen LogP contribution in [0.3, 0.4) is 0 Å². The first-order valence-corrected chi connectivity index (χ1v) is 6.76. The summed E-state index contributed by atoms with van der Waals surface area (Å²) in [6, 6.07) is 0. The molecule has 1 atom stereocenters. The molecule has 106 valence electrons. The Morgan fingerprint density at radius 3 is 2.28 bits per heavy atom. The van der Waals surface area contributed by atoms with E-state index in [0.29, 0.717) is 0 Å². The molecule has 18 heavy (non-hydrogen) atoms. The Hall–Kier alpha value is -1.19. The third-order valence-electron chi connectivity index (χ3n) is 2.66. The zero-order valence-electron chi connectivity index (χ0n) is 10.6. The van der Waals surface area contributed by atoms with Crippen molar-refractivity contribution in [3.05, 3.63) is 0 Å². The van der Waals surface area contributed by atoms with Gasteiger partial charge in [0.2, 0.25) is 5.91 Å². The van der Waals surface area contributed by atoms with Gasteiger partial charge in [-0.1, -0.05) is 6.92 Å². The maximum atomic E-state index is 11.8. The van der Waals surface area contributed by atoms with Crippen molar-refractivity contribution in [2.45, 2.75) is 32.2 Å². The molecule has 0 aliphatic rings. The van der Waals surface area contributed by atoms with Gasteiger partial charge in [0.15, 0.2) is 0 Å². The van der Waals surface area contributed by atoms with Gasteiger partial charge in [-0.2, -0.15) is 17.4 Å². The minimum absolute atomic E-state index is 0.189.